The summed E-state index contributed by atoms with van der Waals surface area (Å²) in [7, 11) is 0. The molecule has 2 aromatic carbocycles. The summed E-state index contributed by atoms with van der Waals surface area (Å²) in [6.45, 7) is 1.39. The van der Waals surface area contributed by atoms with Gasteiger partial charge in [-0.3, -0.25) is 9.59 Å². The summed E-state index contributed by atoms with van der Waals surface area (Å²) in [6, 6.07) is 9.86. The van der Waals surface area contributed by atoms with Crippen molar-refractivity contribution < 1.29 is 9.59 Å². The van der Waals surface area contributed by atoms with Gasteiger partial charge in [-0.15, -0.1) is 0 Å². The monoisotopic (exact) mass is 382 g/mol. The molecule has 0 saturated carbocycles. The van der Waals surface area contributed by atoms with Gasteiger partial charge in [0.05, 0.1) is 10.7 Å². The summed E-state index contributed by atoms with van der Waals surface area (Å²) >= 11 is 18.1. The highest BCUT2D eigenvalue weighted by Gasteiger charge is 2.07. The van der Waals surface area contributed by atoms with Crippen molar-refractivity contribution in [3.05, 3.63) is 63.1 Å². The highest BCUT2D eigenvalue weighted by atomic mass is 35.5. The zero-order chi connectivity index (χ0) is 17.7. The van der Waals surface area contributed by atoms with Gasteiger partial charge in [-0.2, -0.15) is 0 Å². The fraction of sp³-hybridized carbons (Fsp3) is 0.0588. The second-order valence-corrected chi connectivity index (χ2v) is 6.06. The van der Waals surface area contributed by atoms with Crippen LogP contribution in [0.4, 0.5) is 11.4 Å². The molecule has 2 N–H and O–H groups in total. The average Bonchev–Trinajstić information content (AvgIpc) is 2.49. The molecule has 2 amide bonds. The summed E-state index contributed by atoms with van der Waals surface area (Å²) in [5, 5.41) is 6.49. The smallest absolute Gasteiger partial charge is 0.248 e. The third-order valence-corrected chi connectivity index (χ3v) is 3.93. The minimum atomic E-state index is -0.409. The van der Waals surface area contributed by atoms with E-state index in [-0.39, 0.29) is 5.91 Å². The van der Waals surface area contributed by atoms with Gasteiger partial charge in [-0.25, -0.2) is 0 Å². The summed E-state index contributed by atoms with van der Waals surface area (Å²) in [4.78, 5) is 23.2. The van der Waals surface area contributed by atoms with Crippen molar-refractivity contribution in [3.63, 3.8) is 0 Å². The van der Waals surface area contributed by atoms with Gasteiger partial charge < -0.3 is 10.6 Å². The molecule has 2 rings (SSSR count). The maximum atomic E-state index is 12.1. The SMILES string of the molecule is CC(=O)Nc1ccc(Cl)c(NC(=O)/C=C/c2c(Cl)cccc2Cl)c1. The Bertz CT molecular complexity index is 799. The Labute approximate surface area is 154 Å². The molecule has 0 bridgehead atoms. The van der Waals surface area contributed by atoms with E-state index in [0.29, 0.717) is 32.0 Å². The van der Waals surface area contributed by atoms with E-state index < -0.39 is 5.91 Å². The van der Waals surface area contributed by atoms with Gasteiger partial charge in [0, 0.05) is 34.3 Å². The van der Waals surface area contributed by atoms with E-state index >= 15 is 0 Å². The molecule has 0 unspecified atom stereocenters. The first kappa shape index (κ1) is 18.3. The molecule has 0 aromatic heterocycles. The summed E-state index contributed by atoms with van der Waals surface area (Å²) in [5.41, 5.74) is 1.46. The number of anilines is 2. The van der Waals surface area contributed by atoms with Crippen molar-refractivity contribution in [2.75, 3.05) is 10.6 Å². The Kier molecular flexibility index (Phi) is 6.26. The molecule has 0 aliphatic carbocycles. The van der Waals surface area contributed by atoms with Gasteiger partial charge in [0.15, 0.2) is 0 Å². The molecular weight excluding hydrogens is 371 g/mol. The number of halogens is 3. The first-order valence-electron chi connectivity index (χ1n) is 6.87. The number of amides is 2. The molecule has 0 saturated heterocycles. The van der Waals surface area contributed by atoms with E-state index in [1.165, 1.54) is 19.1 Å². The highest BCUT2D eigenvalue weighted by molar-refractivity contribution is 6.37. The van der Waals surface area contributed by atoms with Crippen LogP contribution in [0.2, 0.25) is 15.1 Å². The van der Waals surface area contributed by atoms with Crippen molar-refractivity contribution in [1.82, 2.24) is 0 Å². The Morgan fingerprint density at radius 3 is 2.25 bits per heavy atom. The quantitative estimate of drug-likeness (QED) is 0.708. The second-order valence-electron chi connectivity index (χ2n) is 4.83. The number of hydrogen-bond acceptors (Lipinski definition) is 2. The molecule has 0 fully saturated rings. The third-order valence-electron chi connectivity index (χ3n) is 2.95. The number of hydrogen-bond donors (Lipinski definition) is 2. The van der Waals surface area contributed by atoms with Crippen molar-refractivity contribution in [2.45, 2.75) is 6.92 Å². The number of rotatable bonds is 4. The van der Waals surface area contributed by atoms with Gasteiger partial charge in [-0.05, 0) is 36.4 Å². The molecule has 7 heteroatoms. The molecule has 0 aliphatic heterocycles. The molecule has 0 radical (unpaired) electrons. The summed E-state index contributed by atoms with van der Waals surface area (Å²) < 4.78 is 0. The first-order valence-corrected chi connectivity index (χ1v) is 8.00. The molecule has 0 aliphatic rings. The van der Waals surface area contributed by atoms with Crippen LogP contribution >= 0.6 is 34.8 Å². The Balaban J connectivity index is 2.15. The largest absolute Gasteiger partial charge is 0.326 e. The zero-order valence-electron chi connectivity index (χ0n) is 12.6. The Hall–Kier alpha value is -2.01. The van der Waals surface area contributed by atoms with Crippen LogP contribution in [0.5, 0.6) is 0 Å². The summed E-state index contributed by atoms with van der Waals surface area (Å²) in [5.74, 6) is -0.629. The van der Waals surface area contributed by atoms with E-state index in [2.05, 4.69) is 10.6 Å². The minimum absolute atomic E-state index is 0.220. The van der Waals surface area contributed by atoms with E-state index in [4.69, 9.17) is 34.8 Å². The van der Waals surface area contributed by atoms with Crippen LogP contribution in [0.25, 0.3) is 6.08 Å². The topological polar surface area (TPSA) is 58.2 Å². The molecule has 2 aromatic rings. The molecule has 0 atom stereocenters. The minimum Gasteiger partial charge on any atom is -0.326 e. The van der Waals surface area contributed by atoms with Crippen LogP contribution in [0.1, 0.15) is 12.5 Å². The van der Waals surface area contributed by atoms with Crippen LogP contribution in [0, 0.1) is 0 Å². The molecule has 4 nitrogen and oxygen atoms in total. The van der Waals surface area contributed by atoms with E-state index in [1.54, 1.807) is 36.4 Å². The lowest BCUT2D eigenvalue weighted by atomic mass is 10.2. The predicted octanol–water partition coefficient (Wildman–Crippen LogP) is 5.26. The highest BCUT2D eigenvalue weighted by Crippen LogP contribution is 2.27. The number of benzene rings is 2. The lowest BCUT2D eigenvalue weighted by Gasteiger charge is -2.08. The maximum Gasteiger partial charge on any atom is 0.248 e. The summed E-state index contributed by atoms with van der Waals surface area (Å²) in [6.07, 6.45) is 2.82. The van der Waals surface area contributed by atoms with Gasteiger partial charge >= 0.3 is 0 Å². The molecule has 0 heterocycles. The fourth-order valence-corrected chi connectivity index (χ4v) is 2.59. The molecule has 124 valence electrons. The predicted molar refractivity (Wildman–Crippen MR) is 99.9 cm³/mol. The standard InChI is InChI=1S/C17H13Cl3N2O2/c1-10(23)21-11-5-7-15(20)16(9-11)22-17(24)8-6-12-13(18)3-2-4-14(12)19/h2-9H,1H3,(H,21,23)(H,22,24)/b8-6+. The zero-order valence-corrected chi connectivity index (χ0v) is 14.8. The van der Waals surface area contributed by atoms with E-state index in [9.17, 15) is 9.59 Å². The van der Waals surface area contributed by atoms with Gasteiger partial charge in [-0.1, -0.05) is 40.9 Å². The van der Waals surface area contributed by atoms with Crippen LogP contribution < -0.4 is 10.6 Å². The maximum absolute atomic E-state index is 12.1. The number of carbonyl (C=O) groups is 2. The van der Waals surface area contributed by atoms with Crippen molar-refractivity contribution in [2.24, 2.45) is 0 Å². The van der Waals surface area contributed by atoms with E-state index in [1.807, 2.05) is 0 Å². The van der Waals surface area contributed by atoms with Crippen LogP contribution in [-0.2, 0) is 9.59 Å². The normalized spacial score (nSPS) is 10.7. The number of nitrogens with one attached hydrogen (secondary N) is 2. The fourth-order valence-electron chi connectivity index (χ4n) is 1.91. The molecule has 24 heavy (non-hydrogen) atoms. The Morgan fingerprint density at radius 1 is 0.958 bits per heavy atom. The van der Waals surface area contributed by atoms with Crippen LogP contribution in [0.15, 0.2) is 42.5 Å². The third kappa shape index (κ3) is 4.99. The van der Waals surface area contributed by atoms with Crippen LogP contribution in [0.3, 0.4) is 0 Å². The van der Waals surface area contributed by atoms with E-state index in [0.717, 1.165) is 0 Å². The van der Waals surface area contributed by atoms with Crippen molar-refractivity contribution in [1.29, 1.82) is 0 Å². The van der Waals surface area contributed by atoms with Gasteiger partial charge in [0.2, 0.25) is 11.8 Å². The second kappa shape index (κ2) is 8.20. The molecule has 0 spiro atoms. The van der Waals surface area contributed by atoms with Gasteiger partial charge in [0.25, 0.3) is 0 Å². The lowest BCUT2D eigenvalue weighted by molar-refractivity contribution is -0.114. The van der Waals surface area contributed by atoms with Crippen molar-refractivity contribution in [3.8, 4) is 0 Å². The Morgan fingerprint density at radius 2 is 1.62 bits per heavy atom. The first-order chi connectivity index (χ1) is 11.4. The van der Waals surface area contributed by atoms with Crippen LogP contribution in [-0.4, -0.2) is 11.8 Å². The van der Waals surface area contributed by atoms with Gasteiger partial charge in [0.1, 0.15) is 0 Å². The lowest BCUT2D eigenvalue weighted by Crippen LogP contribution is -2.10. The van der Waals surface area contributed by atoms with Crippen molar-refractivity contribution >= 4 is 64.1 Å². The molecular formula is C17H13Cl3N2O2. The number of carbonyl (C=O) groups excluding carboxylic acids is 2. The average molecular weight is 384 g/mol.